The summed E-state index contributed by atoms with van der Waals surface area (Å²) in [5.74, 6) is 0.374. The number of benzene rings is 1. The van der Waals surface area contributed by atoms with Crippen LogP contribution in [0.4, 0.5) is 5.69 Å². The summed E-state index contributed by atoms with van der Waals surface area (Å²) in [5.41, 5.74) is 6.09. The van der Waals surface area contributed by atoms with Crippen LogP contribution in [0.5, 0.6) is 0 Å². The average Bonchev–Trinajstić information content (AvgIpc) is 2.33. The fourth-order valence-corrected chi connectivity index (χ4v) is 5.13. The van der Waals surface area contributed by atoms with Crippen molar-refractivity contribution in [1.82, 2.24) is 4.31 Å². The first-order valence-corrected chi connectivity index (χ1v) is 8.68. The molecular weight excluding hydrogens is 352 g/mol. The minimum atomic E-state index is -3.55. The van der Waals surface area contributed by atoms with E-state index in [2.05, 4.69) is 22.9 Å². The van der Waals surface area contributed by atoms with Crippen LogP contribution >= 0.6 is 27.5 Å². The van der Waals surface area contributed by atoms with Gasteiger partial charge in [0.05, 0.1) is 9.37 Å². The number of hydrogen-bond acceptors (Lipinski definition) is 3. The fourth-order valence-electron chi connectivity index (χ4n) is 2.28. The Morgan fingerprint density at radius 3 is 2.79 bits per heavy atom. The minimum Gasteiger partial charge on any atom is -0.398 e. The Balaban J connectivity index is 2.45. The lowest BCUT2D eigenvalue weighted by Crippen LogP contribution is -2.39. The Morgan fingerprint density at radius 2 is 2.16 bits per heavy atom. The number of anilines is 1. The van der Waals surface area contributed by atoms with Gasteiger partial charge in [-0.05, 0) is 46.8 Å². The molecule has 1 unspecified atom stereocenters. The number of nitrogen functional groups attached to an aromatic ring is 1. The van der Waals surface area contributed by atoms with Crippen molar-refractivity contribution in [2.45, 2.75) is 24.7 Å². The van der Waals surface area contributed by atoms with Gasteiger partial charge in [-0.15, -0.1) is 0 Å². The summed E-state index contributed by atoms with van der Waals surface area (Å²) in [4.78, 5) is 0.145. The molecule has 0 aromatic heterocycles. The zero-order chi connectivity index (χ0) is 14.2. The molecule has 0 radical (unpaired) electrons. The highest BCUT2D eigenvalue weighted by molar-refractivity contribution is 9.10. The van der Waals surface area contributed by atoms with E-state index in [1.54, 1.807) is 0 Å². The maximum Gasteiger partial charge on any atom is 0.244 e. The Hall–Kier alpha value is -0.300. The lowest BCUT2D eigenvalue weighted by Gasteiger charge is -2.30. The Bertz CT molecular complexity index is 592. The molecule has 1 aliphatic rings. The molecule has 1 fully saturated rings. The summed E-state index contributed by atoms with van der Waals surface area (Å²) < 4.78 is 27.2. The number of hydrogen-bond donors (Lipinski definition) is 1. The average molecular weight is 368 g/mol. The molecule has 0 bridgehead atoms. The van der Waals surface area contributed by atoms with Crippen molar-refractivity contribution in [3.63, 3.8) is 0 Å². The summed E-state index contributed by atoms with van der Waals surface area (Å²) >= 11 is 9.15. The first kappa shape index (κ1) is 15.1. The van der Waals surface area contributed by atoms with Gasteiger partial charge in [-0.25, -0.2) is 8.42 Å². The summed E-state index contributed by atoms with van der Waals surface area (Å²) in [7, 11) is -3.55. The van der Waals surface area contributed by atoms with Gasteiger partial charge in [-0.2, -0.15) is 4.31 Å². The highest BCUT2D eigenvalue weighted by Crippen LogP contribution is 2.34. The van der Waals surface area contributed by atoms with Crippen molar-refractivity contribution in [2.75, 3.05) is 18.8 Å². The SMILES string of the molecule is CC1CCCN(S(=O)(=O)c2cc(Cl)cc(N)c2Br)C1. The van der Waals surface area contributed by atoms with E-state index in [-0.39, 0.29) is 4.90 Å². The van der Waals surface area contributed by atoms with Crippen LogP contribution in [-0.4, -0.2) is 25.8 Å². The lowest BCUT2D eigenvalue weighted by atomic mass is 10.0. The first-order valence-electron chi connectivity index (χ1n) is 6.07. The van der Waals surface area contributed by atoms with Crippen LogP contribution in [0.2, 0.25) is 5.02 Å². The van der Waals surface area contributed by atoms with E-state index in [0.29, 0.717) is 34.2 Å². The summed E-state index contributed by atoms with van der Waals surface area (Å²) in [5, 5.41) is 0.323. The summed E-state index contributed by atoms with van der Waals surface area (Å²) in [6, 6.07) is 2.97. The number of nitrogens with zero attached hydrogens (tertiary/aromatic N) is 1. The predicted octanol–water partition coefficient (Wildman–Crippen LogP) is 3.11. The molecule has 1 aromatic rings. The van der Waals surface area contributed by atoms with E-state index in [0.717, 1.165) is 12.8 Å². The van der Waals surface area contributed by atoms with E-state index >= 15 is 0 Å². The lowest BCUT2D eigenvalue weighted by molar-refractivity contribution is 0.281. The second kappa shape index (κ2) is 5.60. The van der Waals surface area contributed by atoms with Gasteiger partial charge in [-0.1, -0.05) is 18.5 Å². The maximum absolute atomic E-state index is 12.6. The molecule has 4 nitrogen and oxygen atoms in total. The predicted molar refractivity (Wildman–Crippen MR) is 80.7 cm³/mol. The smallest absolute Gasteiger partial charge is 0.244 e. The number of sulfonamides is 1. The molecule has 0 aliphatic carbocycles. The molecule has 106 valence electrons. The van der Waals surface area contributed by atoms with Gasteiger partial charge in [-0.3, -0.25) is 0 Å². The Labute approximate surface area is 127 Å². The van der Waals surface area contributed by atoms with Gasteiger partial charge < -0.3 is 5.73 Å². The molecule has 0 saturated carbocycles. The summed E-state index contributed by atoms with van der Waals surface area (Å²) in [6.07, 6.45) is 1.94. The van der Waals surface area contributed by atoms with E-state index < -0.39 is 10.0 Å². The molecule has 7 heteroatoms. The third kappa shape index (κ3) is 3.07. The fraction of sp³-hybridized carbons (Fsp3) is 0.500. The second-order valence-corrected chi connectivity index (χ2v) is 8.05. The topological polar surface area (TPSA) is 63.4 Å². The van der Waals surface area contributed by atoms with E-state index in [1.165, 1.54) is 16.4 Å². The molecule has 2 rings (SSSR count). The van der Waals surface area contributed by atoms with Gasteiger partial charge >= 0.3 is 0 Å². The highest BCUT2D eigenvalue weighted by Gasteiger charge is 2.30. The van der Waals surface area contributed by atoms with Crippen molar-refractivity contribution in [1.29, 1.82) is 0 Å². The third-order valence-corrected chi connectivity index (χ3v) is 6.52. The van der Waals surface area contributed by atoms with Crippen LogP contribution in [0.1, 0.15) is 19.8 Å². The number of rotatable bonds is 2. The Kier molecular flexibility index (Phi) is 4.45. The van der Waals surface area contributed by atoms with Crippen LogP contribution in [0.25, 0.3) is 0 Å². The molecule has 1 aliphatic heterocycles. The van der Waals surface area contributed by atoms with E-state index in [4.69, 9.17) is 17.3 Å². The van der Waals surface area contributed by atoms with Crippen LogP contribution in [-0.2, 0) is 10.0 Å². The van der Waals surface area contributed by atoms with Gasteiger partial charge in [0.2, 0.25) is 10.0 Å². The molecular formula is C12H16BrClN2O2S. The van der Waals surface area contributed by atoms with Crippen molar-refractivity contribution < 1.29 is 8.42 Å². The van der Waals surface area contributed by atoms with Gasteiger partial charge in [0, 0.05) is 23.8 Å². The second-order valence-electron chi connectivity index (χ2n) is 4.92. The maximum atomic E-state index is 12.6. The van der Waals surface area contributed by atoms with E-state index in [9.17, 15) is 8.42 Å². The molecule has 0 amide bonds. The van der Waals surface area contributed by atoms with Crippen LogP contribution in [0, 0.1) is 5.92 Å². The highest BCUT2D eigenvalue weighted by atomic mass is 79.9. The number of nitrogens with two attached hydrogens (primary N) is 1. The molecule has 1 heterocycles. The number of halogens is 2. The third-order valence-electron chi connectivity index (χ3n) is 3.27. The van der Waals surface area contributed by atoms with Crippen LogP contribution in [0.3, 0.4) is 0 Å². The minimum absolute atomic E-state index is 0.145. The molecule has 0 spiro atoms. The zero-order valence-electron chi connectivity index (χ0n) is 10.6. The Morgan fingerprint density at radius 1 is 1.47 bits per heavy atom. The molecule has 19 heavy (non-hydrogen) atoms. The standard InChI is InChI=1S/C12H16BrClN2O2S/c1-8-3-2-4-16(7-8)19(17,18)11-6-9(14)5-10(15)12(11)13/h5-6,8H,2-4,7,15H2,1H3. The van der Waals surface area contributed by atoms with Crippen molar-refractivity contribution in [3.05, 3.63) is 21.6 Å². The van der Waals surface area contributed by atoms with Crippen molar-refractivity contribution in [3.8, 4) is 0 Å². The van der Waals surface area contributed by atoms with Gasteiger partial charge in [0.15, 0.2) is 0 Å². The number of piperidine rings is 1. The molecule has 1 atom stereocenters. The summed E-state index contributed by atoms with van der Waals surface area (Å²) in [6.45, 7) is 3.15. The molecule has 1 aromatic carbocycles. The quantitative estimate of drug-likeness (QED) is 0.817. The van der Waals surface area contributed by atoms with Crippen molar-refractivity contribution >= 4 is 43.2 Å². The van der Waals surface area contributed by atoms with Crippen molar-refractivity contribution in [2.24, 2.45) is 5.92 Å². The molecule has 2 N–H and O–H groups in total. The normalized spacial score (nSPS) is 21.5. The van der Waals surface area contributed by atoms with Crippen LogP contribution < -0.4 is 5.73 Å². The first-order chi connectivity index (χ1) is 8.82. The molecule has 1 saturated heterocycles. The van der Waals surface area contributed by atoms with E-state index in [1.807, 2.05) is 0 Å². The monoisotopic (exact) mass is 366 g/mol. The largest absolute Gasteiger partial charge is 0.398 e. The van der Waals surface area contributed by atoms with Gasteiger partial charge in [0.1, 0.15) is 0 Å². The van der Waals surface area contributed by atoms with Crippen LogP contribution in [0.15, 0.2) is 21.5 Å². The van der Waals surface area contributed by atoms with Gasteiger partial charge in [0.25, 0.3) is 0 Å². The zero-order valence-corrected chi connectivity index (χ0v) is 13.7.